The smallest absolute Gasteiger partial charge is 0.381 e. The topological polar surface area (TPSA) is 67.9 Å². The molecule has 0 saturated carbocycles. The summed E-state index contributed by atoms with van der Waals surface area (Å²) in [6.07, 6.45) is 0. The zero-order chi connectivity index (χ0) is 20.5. The van der Waals surface area contributed by atoms with Gasteiger partial charge in [-0.15, -0.1) is 0 Å². The third-order valence-electron chi connectivity index (χ3n) is 4.67. The van der Waals surface area contributed by atoms with Gasteiger partial charge in [0.25, 0.3) is 0 Å². The minimum Gasteiger partial charge on any atom is -0.461 e. The first-order chi connectivity index (χ1) is 13.3. The molecule has 5 nitrogen and oxygen atoms in total. The number of hydrogen-bond donors (Lipinski definition) is 0. The van der Waals surface area contributed by atoms with Crippen LogP contribution in [-0.2, 0) is 22.0 Å². The van der Waals surface area contributed by atoms with Crippen molar-refractivity contribution < 1.29 is 18.3 Å². The van der Waals surface area contributed by atoms with Crippen molar-refractivity contribution in [3.63, 3.8) is 0 Å². The molecule has 0 bridgehead atoms. The number of carbonyl (C=O) groups excluding carboxylic acids is 1. The lowest BCUT2D eigenvalue weighted by atomic mass is 10.0. The number of ether oxygens (including phenoxy) is 1. The van der Waals surface area contributed by atoms with Crippen LogP contribution in [0.3, 0.4) is 0 Å². The fourth-order valence-corrected chi connectivity index (χ4v) is 3.16. The Labute approximate surface area is 161 Å². The number of nitriles is 1. The number of alkyl halides is 2. The number of halogens is 2. The molecule has 1 aromatic heterocycles. The summed E-state index contributed by atoms with van der Waals surface area (Å²) < 4.78 is 35.0. The summed E-state index contributed by atoms with van der Waals surface area (Å²) in [5, 5.41) is 14.5. The van der Waals surface area contributed by atoms with Gasteiger partial charge in [0, 0.05) is 10.9 Å². The van der Waals surface area contributed by atoms with Crippen LogP contribution in [0.4, 0.5) is 8.78 Å². The lowest BCUT2D eigenvalue weighted by molar-refractivity contribution is -0.173. The van der Waals surface area contributed by atoms with Gasteiger partial charge in [-0.1, -0.05) is 24.3 Å². The molecular formula is C21H19F2N3O2. The van der Waals surface area contributed by atoms with Crippen molar-refractivity contribution in [2.45, 2.75) is 33.2 Å². The lowest BCUT2D eigenvalue weighted by Crippen LogP contribution is -2.28. The first-order valence-corrected chi connectivity index (χ1v) is 8.80. The Balaban J connectivity index is 2.11. The van der Waals surface area contributed by atoms with Crippen molar-refractivity contribution in [1.82, 2.24) is 9.78 Å². The van der Waals surface area contributed by atoms with Crippen LogP contribution in [0.15, 0.2) is 36.4 Å². The van der Waals surface area contributed by atoms with Crippen molar-refractivity contribution in [3.05, 3.63) is 64.3 Å². The van der Waals surface area contributed by atoms with Crippen molar-refractivity contribution in [3.8, 4) is 6.07 Å². The number of rotatable bonds is 5. The second-order valence-electron chi connectivity index (χ2n) is 6.48. The third kappa shape index (κ3) is 3.33. The second kappa shape index (κ2) is 7.39. The molecule has 0 fully saturated rings. The Morgan fingerprint density at radius 1 is 1.29 bits per heavy atom. The van der Waals surface area contributed by atoms with Crippen molar-refractivity contribution >= 4 is 16.9 Å². The molecule has 28 heavy (non-hydrogen) atoms. The molecule has 0 spiro atoms. The molecule has 0 aliphatic heterocycles. The highest BCUT2D eigenvalue weighted by molar-refractivity contribution is 5.86. The molecule has 3 rings (SSSR count). The van der Waals surface area contributed by atoms with Gasteiger partial charge < -0.3 is 4.74 Å². The largest absolute Gasteiger partial charge is 0.461 e. The first-order valence-electron chi connectivity index (χ1n) is 8.80. The second-order valence-corrected chi connectivity index (χ2v) is 6.48. The molecule has 1 heterocycles. The van der Waals surface area contributed by atoms with Crippen LogP contribution in [0.2, 0.25) is 0 Å². The summed E-state index contributed by atoms with van der Waals surface area (Å²) >= 11 is 0. The van der Waals surface area contributed by atoms with E-state index in [1.165, 1.54) is 25.1 Å². The quantitative estimate of drug-likeness (QED) is 0.619. The van der Waals surface area contributed by atoms with Crippen LogP contribution in [0.5, 0.6) is 0 Å². The molecule has 3 aromatic rings. The Morgan fingerprint density at radius 3 is 2.71 bits per heavy atom. The molecule has 0 atom stereocenters. The monoisotopic (exact) mass is 383 g/mol. The zero-order valence-corrected chi connectivity index (χ0v) is 15.8. The maximum atomic E-state index is 14.5. The Kier molecular flexibility index (Phi) is 5.14. The lowest BCUT2D eigenvalue weighted by Gasteiger charge is -2.15. The van der Waals surface area contributed by atoms with Crippen LogP contribution in [0.25, 0.3) is 10.9 Å². The number of hydrogen-bond acceptors (Lipinski definition) is 4. The van der Waals surface area contributed by atoms with Crippen molar-refractivity contribution in [2.24, 2.45) is 0 Å². The average Bonchev–Trinajstić information content (AvgIpc) is 2.98. The van der Waals surface area contributed by atoms with Gasteiger partial charge >= 0.3 is 11.9 Å². The summed E-state index contributed by atoms with van der Waals surface area (Å²) in [4.78, 5) is 11.7. The van der Waals surface area contributed by atoms with E-state index in [-0.39, 0.29) is 13.2 Å². The van der Waals surface area contributed by atoms with Gasteiger partial charge in [0.1, 0.15) is 0 Å². The van der Waals surface area contributed by atoms with Gasteiger partial charge in [-0.2, -0.15) is 19.1 Å². The van der Waals surface area contributed by atoms with Crippen molar-refractivity contribution in [1.29, 1.82) is 5.26 Å². The Hall–Kier alpha value is -3.27. The standard InChI is InChI=1S/C21H19F2N3O2/c1-4-28-20(27)21(22,23)16-8-9-17-14(3)25-26(19(17)10-16)12-18-13(2)6-5-7-15(18)11-24/h5-10H,4,12H2,1-3H3. The molecule has 0 aliphatic carbocycles. The summed E-state index contributed by atoms with van der Waals surface area (Å²) in [6, 6.07) is 11.5. The van der Waals surface area contributed by atoms with Gasteiger partial charge in [0.2, 0.25) is 0 Å². The molecule has 0 aliphatic rings. The van der Waals surface area contributed by atoms with Crippen molar-refractivity contribution in [2.75, 3.05) is 6.61 Å². The van der Waals surface area contributed by atoms with Gasteiger partial charge in [-0.05, 0) is 44.0 Å². The van der Waals surface area contributed by atoms with Crippen LogP contribution in [-0.4, -0.2) is 22.4 Å². The van der Waals surface area contributed by atoms with E-state index in [1.54, 1.807) is 23.7 Å². The molecule has 2 aromatic carbocycles. The number of fused-ring (bicyclic) bond motifs is 1. The van der Waals surface area contributed by atoms with Crippen LogP contribution < -0.4 is 0 Å². The van der Waals surface area contributed by atoms with Crippen LogP contribution in [0, 0.1) is 25.2 Å². The Morgan fingerprint density at radius 2 is 2.04 bits per heavy atom. The SMILES string of the molecule is CCOC(=O)C(F)(F)c1ccc2c(C)nn(Cc3c(C)cccc3C#N)c2c1. The van der Waals surface area contributed by atoms with E-state index >= 15 is 0 Å². The molecule has 7 heteroatoms. The minimum atomic E-state index is -3.76. The molecule has 0 unspecified atom stereocenters. The van der Waals surface area contributed by atoms with Gasteiger partial charge in [-0.3, -0.25) is 4.68 Å². The van der Waals surface area contributed by atoms with Crippen LogP contribution in [0.1, 0.15) is 34.9 Å². The first kappa shape index (κ1) is 19.5. The Bertz CT molecular complexity index is 1100. The summed E-state index contributed by atoms with van der Waals surface area (Å²) in [5.41, 5.74) is 2.88. The van der Waals surface area contributed by atoms with Gasteiger partial charge in [0.15, 0.2) is 0 Å². The summed E-state index contributed by atoms with van der Waals surface area (Å²) in [6.45, 7) is 5.27. The predicted octanol–water partition coefficient (Wildman–Crippen LogP) is 4.23. The van der Waals surface area contributed by atoms with Gasteiger partial charge in [0.05, 0.1) is 36.0 Å². The molecule has 144 valence electrons. The number of benzene rings is 2. The van der Waals surface area contributed by atoms with Crippen LogP contribution >= 0.6 is 0 Å². The molecular weight excluding hydrogens is 364 g/mol. The summed E-state index contributed by atoms with van der Waals surface area (Å²) in [5.74, 6) is -5.34. The molecule has 0 radical (unpaired) electrons. The van der Waals surface area contributed by atoms with E-state index < -0.39 is 17.5 Å². The van der Waals surface area contributed by atoms with Gasteiger partial charge in [-0.25, -0.2) is 4.79 Å². The maximum absolute atomic E-state index is 14.5. The normalized spacial score (nSPS) is 11.4. The van der Waals surface area contributed by atoms with E-state index in [4.69, 9.17) is 0 Å². The number of aromatic nitrogens is 2. The van der Waals surface area contributed by atoms with E-state index in [0.29, 0.717) is 22.2 Å². The predicted molar refractivity (Wildman–Crippen MR) is 100.0 cm³/mol. The minimum absolute atomic E-state index is 0.127. The highest BCUT2D eigenvalue weighted by Crippen LogP contribution is 2.33. The van der Waals surface area contributed by atoms with E-state index in [9.17, 15) is 18.8 Å². The number of carbonyl (C=O) groups is 1. The molecule has 0 amide bonds. The molecule has 0 N–H and O–H groups in total. The van der Waals surface area contributed by atoms with E-state index in [1.807, 2.05) is 13.0 Å². The van der Waals surface area contributed by atoms with E-state index in [2.05, 4.69) is 15.9 Å². The fourth-order valence-electron chi connectivity index (χ4n) is 3.16. The maximum Gasteiger partial charge on any atom is 0.381 e. The fraction of sp³-hybridized carbons (Fsp3) is 0.286. The number of aryl methyl sites for hydroxylation is 2. The number of nitrogens with zero attached hydrogens (tertiary/aromatic N) is 3. The average molecular weight is 383 g/mol. The highest BCUT2D eigenvalue weighted by Gasteiger charge is 2.43. The third-order valence-corrected chi connectivity index (χ3v) is 4.67. The van der Waals surface area contributed by atoms with E-state index in [0.717, 1.165) is 11.1 Å². The highest BCUT2D eigenvalue weighted by atomic mass is 19.3. The zero-order valence-electron chi connectivity index (χ0n) is 15.8. The number of esters is 1. The molecule has 0 saturated heterocycles. The summed E-state index contributed by atoms with van der Waals surface area (Å²) in [7, 11) is 0.